The van der Waals surface area contributed by atoms with E-state index in [-0.39, 0.29) is 94.5 Å². The summed E-state index contributed by atoms with van der Waals surface area (Å²) in [6.45, 7) is 0. The molecule has 0 nitrogen and oxygen atoms in total. The Morgan fingerprint density at radius 3 is 0.286 bits per heavy atom. The summed E-state index contributed by atoms with van der Waals surface area (Å²) in [6, 6.07) is 0. The van der Waals surface area contributed by atoms with Gasteiger partial charge in [0.2, 0.25) is 0 Å². The van der Waals surface area contributed by atoms with Gasteiger partial charge in [0, 0.05) is 20.1 Å². The van der Waals surface area contributed by atoms with Crippen molar-refractivity contribution in [2.75, 3.05) is 0 Å². The Morgan fingerprint density at radius 2 is 0.286 bits per heavy atom. The van der Waals surface area contributed by atoms with Crippen LogP contribution >= 0.6 is 74.4 Å². The van der Waals surface area contributed by atoms with E-state index in [1.807, 2.05) is 0 Å². The van der Waals surface area contributed by atoms with Crippen molar-refractivity contribution in [1.82, 2.24) is 0 Å². The van der Waals surface area contributed by atoms with Gasteiger partial charge in [0.15, 0.2) is 0 Å². The predicted octanol–water partition coefficient (Wildman–Crippen LogP) is 2.53. The second kappa shape index (κ2) is 80.2. The summed E-state index contributed by atoms with van der Waals surface area (Å²) >= 11 is 0. The van der Waals surface area contributed by atoms with Gasteiger partial charge in [-0.1, -0.05) is 0 Å². The molecule has 0 saturated heterocycles. The normalized spacial score (nSPS) is 0. The fourth-order valence-electron chi connectivity index (χ4n) is 0. The summed E-state index contributed by atoms with van der Waals surface area (Å²) in [5, 5.41) is 0. The monoisotopic (exact) mass is 409 g/mol. The van der Waals surface area contributed by atoms with Crippen molar-refractivity contribution >= 4 is 74.4 Å². The molecule has 7 heteroatoms. The van der Waals surface area contributed by atoms with E-state index in [0.29, 0.717) is 0 Å². The van der Waals surface area contributed by atoms with E-state index >= 15 is 0 Å². The fraction of sp³-hybridized carbons (Fsp3) is 0. The molecule has 0 aliphatic heterocycles. The molecule has 0 heterocycles. The Morgan fingerprint density at radius 1 is 0.286 bits per heavy atom. The summed E-state index contributed by atoms with van der Waals surface area (Å²) in [6.07, 6.45) is 0. The van der Waals surface area contributed by atoms with Crippen LogP contribution in [0.5, 0.6) is 0 Å². The van der Waals surface area contributed by atoms with Crippen molar-refractivity contribution in [3.63, 3.8) is 0 Å². The van der Waals surface area contributed by atoms with Crippen LogP contribution in [-0.4, -0.2) is 0 Å². The second-order valence-corrected chi connectivity index (χ2v) is 0. The standard InChI is InChI=1S/6ClH.Ir/h6*1H;. The van der Waals surface area contributed by atoms with Crippen molar-refractivity contribution < 1.29 is 20.1 Å². The zero-order chi connectivity index (χ0) is 0. The summed E-state index contributed by atoms with van der Waals surface area (Å²) in [4.78, 5) is 0. The van der Waals surface area contributed by atoms with Crippen LogP contribution in [0.25, 0.3) is 0 Å². The van der Waals surface area contributed by atoms with Gasteiger partial charge in [-0.05, 0) is 0 Å². The predicted molar refractivity (Wildman–Crippen MR) is 43.5 cm³/mol. The Labute approximate surface area is 93.8 Å². The molecule has 0 saturated carbocycles. The van der Waals surface area contributed by atoms with Crippen molar-refractivity contribution in [2.24, 2.45) is 0 Å². The smallest absolute Gasteiger partial charge is 0 e. The van der Waals surface area contributed by atoms with Crippen LogP contribution in [0.2, 0.25) is 0 Å². The number of halogens is 6. The van der Waals surface area contributed by atoms with Gasteiger partial charge in [-0.25, -0.2) is 0 Å². The molecule has 0 amide bonds. The van der Waals surface area contributed by atoms with Gasteiger partial charge in [0.25, 0.3) is 0 Å². The molecule has 7 heavy (non-hydrogen) atoms. The van der Waals surface area contributed by atoms with Crippen LogP contribution in [0, 0.1) is 0 Å². The molecule has 0 aliphatic rings. The molecule has 0 bridgehead atoms. The molecule has 0 spiro atoms. The van der Waals surface area contributed by atoms with Gasteiger partial charge in [0.1, 0.15) is 0 Å². The third kappa shape index (κ3) is 60.0. The summed E-state index contributed by atoms with van der Waals surface area (Å²) in [7, 11) is 0. The quantitative estimate of drug-likeness (QED) is 0.575. The minimum Gasteiger partial charge on any atom is -0.147 e. The summed E-state index contributed by atoms with van der Waals surface area (Å²) in [5.41, 5.74) is 0. The minimum atomic E-state index is 0. The zero-order valence-corrected chi connectivity index (χ0v) is 10.1. The largest absolute Gasteiger partial charge is 0.147 e. The van der Waals surface area contributed by atoms with Gasteiger partial charge in [-0.3, -0.25) is 0 Å². The fourth-order valence-corrected chi connectivity index (χ4v) is 0. The molecule has 57 valence electrons. The van der Waals surface area contributed by atoms with Crippen LogP contribution in [0.1, 0.15) is 0 Å². The first-order valence-electron chi connectivity index (χ1n) is 0. The molecule has 0 aromatic carbocycles. The zero-order valence-electron chi connectivity index (χ0n) is 2.78. The molecule has 0 N–H and O–H groups in total. The number of hydrogen-bond donors (Lipinski definition) is 0. The van der Waals surface area contributed by atoms with Crippen LogP contribution in [-0.2, 0) is 20.1 Å². The molecule has 1 radical (unpaired) electrons. The van der Waals surface area contributed by atoms with E-state index in [1.54, 1.807) is 0 Å². The average molecular weight is 411 g/mol. The Kier molecular flexibility index (Phi) is 1330. The maximum absolute atomic E-state index is 0. The van der Waals surface area contributed by atoms with Gasteiger partial charge in [0.05, 0.1) is 0 Å². The Hall–Kier alpha value is 2.39. The Bertz CT molecular complexity index is 4.14. The molecule has 0 unspecified atom stereocenters. The van der Waals surface area contributed by atoms with E-state index < -0.39 is 0 Å². The third-order valence-corrected chi connectivity index (χ3v) is 0. The van der Waals surface area contributed by atoms with E-state index in [9.17, 15) is 0 Å². The van der Waals surface area contributed by atoms with Crippen molar-refractivity contribution in [3.8, 4) is 0 Å². The summed E-state index contributed by atoms with van der Waals surface area (Å²) in [5.74, 6) is 0. The molecule has 0 aromatic rings. The molecular formula is H6Cl6Ir. The molecule has 0 rings (SSSR count). The van der Waals surface area contributed by atoms with Crippen molar-refractivity contribution in [1.29, 1.82) is 0 Å². The topological polar surface area (TPSA) is 0 Å². The van der Waals surface area contributed by atoms with E-state index in [2.05, 4.69) is 0 Å². The maximum atomic E-state index is 0. The number of rotatable bonds is 0. The second-order valence-electron chi connectivity index (χ2n) is 0. The third-order valence-electron chi connectivity index (χ3n) is 0. The average Bonchev–Trinajstić information content (AvgIpc) is 0. The van der Waals surface area contributed by atoms with Gasteiger partial charge in [-0.2, -0.15) is 0 Å². The molecule has 0 fully saturated rings. The first-order valence-corrected chi connectivity index (χ1v) is 0. The van der Waals surface area contributed by atoms with E-state index in [0.717, 1.165) is 0 Å². The molecule has 0 aliphatic carbocycles. The van der Waals surface area contributed by atoms with Gasteiger partial charge >= 0.3 is 0 Å². The van der Waals surface area contributed by atoms with E-state index in [1.165, 1.54) is 0 Å². The first kappa shape index (κ1) is 116. The van der Waals surface area contributed by atoms with Crippen LogP contribution in [0.4, 0.5) is 0 Å². The van der Waals surface area contributed by atoms with Crippen molar-refractivity contribution in [3.05, 3.63) is 0 Å². The van der Waals surface area contributed by atoms with Crippen molar-refractivity contribution in [2.45, 2.75) is 0 Å². The minimum absolute atomic E-state index is 0. The van der Waals surface area contributed by atoms with Gasteiger partial charge in [-0.15, -0.1) is 74.4 Å². The van der Waals surface area contributed by atoms with Crippen LogP contribution < -0.4 is 0 Å². The van der Waals surface area contributed by atoms with E-state index in [4.69, 9.17) is 0 Å². The number of hydrogen-bond acceptors (Lipinski definition) is 0. The summed E-state index contributed by atoms with van der Waals surface area (Å²) < 4.78 is 0. The maximum Gasteiger partial charge on any atom is 0 e. The van der Waals surface area contributed by atoms with Crippen LogP contribution in [0.3, 0.4) is 0 Å². The first-order chi connectivity index (χ1) is 0. The van der Waals surface area contributed by atoms with Gasteiger partial charge < -0.3 is 0 Å². The SMILES string of the molecule is Cl.Cl.Cl.Cl.Cl.Cl.[Ir]. The molecule has 0 aromatic heterocycles. The Balaban J connectivity index is 0. The molecular weight excluding hydrogens is 405 g/mol. The van der Waals surface area contributed by atoms with Crippen LogP contribution in [0.15, 0.2) is 0 Å². The molecule has 0 atom stereocenters.